The predicted octanol–water partition coefficient (Wildman–Crippen LogP) is 13.2. The predicted molar refractivity (Wildman–Crippen MR) is 200 cm³/mol. The second-order valence-corrected chi connectivity index (χ2v) is 12.5. The lowest BCUT2D eigenvalue weighted by atomic mass is 9.88. The van der Waals surface area contributed by atoms with E-state index in [4.69, 9.17) is 4.42 Å². The molecule has 0 aliphatic carbocycles. The first-order valence-corrected chi connectivity index (χ1v) is 16.2. The molecule has 0 bridgehead atoms. The topological polar surface area (TPSA) is 13.1 Å². The third-order valence-corrected chi connectivity index (χ3v) is 9.84. The summed E-state index contributed by atoms with van der Waals surface area (Å²) in [5.41, 5.74) is 9.15. The largest absolute Gasteiger partial charge is 0.455 e. The smallest absolute Gasteiger partial charge is 0.143 e. The number of hydrogen-bond donors (Lipinski definition) is 0. The summed E-state index contributed by atoms with van der Waals surface area (Å²) in [4.78, 5) is 0. The van der Waals surface area contributed by atoms with Crippen LogP contribution in [-0.4, -0.2) is 0 Å². The number of furan rings is 1. The fourth-order valence-electron chi connectivity index (χ4n) is 7.62. The Morgan fingerprint density at radius 3 is 1.79 bits per heavy atom. The van der Waals surface area contributed by atoms with Gasteiger partial charge < -0.3 is 4.42 Å². The minimum atomic E-state index is 0.917. The Kier molecular flexibility index (Phi) is 5.64. The Labute approximate surface area is 271 Å². The van der Waals surface area contributed by atoms with Gasteiger partial charge in [-0.25, -0.2) is 0 Å². The number of hydrogen-bond acceptors (Lipinski definition) is 1. The minimum absolute atomic E-state index is 0.917. The van der Waals surface area contributed by atoms with E-state index < -0.39 is 0 Å². The van der Waals surface area contributed by atoms with E-state index in [1.165, 1.54) is 76.5 Å². The highest BCUT2D eigenvalue weighted by Gasteiger charge is 2.16. The molecule has 0 aliphatic heterocycles. The highest BCUT2D eigenvalue weighted by atomic mass is 16.3. The van der Waals surface area contributed by atoms with Crippen LogP contribution in [-0.2, 0) is 0 Å². The molecule has 0 fully saturated rings. The summed E-state index contributed by atoms with van der Waals surface area (Å²) in [7, 11) is 0. The van der Waals surface area contributed by atoms with E-state index in [0.29, 0.717) is 0 Å². The average molecular weight is 597 g/mol. The normalized spacial score (nSPS) is 11.8. The zero-order chi connectivity index (χ0) is 30.9. The first kappa shape index (κ1) is 26.1. The van der Waals surface area contributed by atoms with Crippen molar-refractivity contribution in [2.24, 2.45) is 0 Å². The van der Waals surface area contributed by atoms with Crippen molar-refractivity contribution in [1.82, 2.24) is 0 Å². The lowest BCUT2D eigenvalue weighted by molar-refractivity contribution is 0.673. The molecule has 218 valence electrons. The zero-order valence-corrected chi connectivity index (χ0v) is 25.6. The Morgan fingerprint density at radius 2 is 0.957 bits per heavy atom. The van der Waals surface area contributed by atoms with Crippen molar-refractivity contribution in [3.63, 3.8) is 0 Å². The van der Waals surface area contributed by atoms with Gasteiger partial charge in [-0.3, -0.25) is 0 Å². The molecular formula is C46H28O. The van der Waals surface area contributed by atoms with E-state index in [1.807, 2.05) is 0 Å². The van der Waals surface area contributed by atoms with Crippen LogP contribution in [0.3, 0.4) is 0 Å². The maximum absolute atomic E-state index is 6.46. The monoisotopic (exact) mass is 596 g/mol. The first-order chi connectivity index (χ1) is 23.3. The van der Waals surface area contributed by atoms with Gasteiger partial charge in [-0.2, -0.15) is 0 Å². The van der Waals surface area contributed by atoms with Crippen molar-refractivity contribution < 1.29 is 4.42 Å². The molecule has 0 amide bonds. The molecule has 0 spiro atoms. The molecule has 1 aromatic heterocycles. The van der Waals surface area contributed by atoms with Crippen LogP contribution in [0.2, 0.25) is 0 Å². The van der Waals surface area contributed by atoms with E-state index in [9.17, 15) is 0 Å². The van der Waals surface area contributed by atoms with Gasteiger partial charge in [-0.15, -0.1) is 0 Å². The Balaban J connectivity index is 1.10. The van der Waals surface area contributed by atoms with Crippen molar-refractivity contribution in [2.75, 3.05) is 0 Å². The maximum atomic E-state index is 6.46. The summed E-state index contributed by atoms with van der Waals surface area (Å²) < 4.78 is 6.46. The van der Waals surface area contributed by atoms with Crippen LogP contribution < -0.4 is 0 Å². The number of fused-ring (bicyclic) bond motifs is 9. The molecule has 1 heteroatoms. The Hall–Kier alpha value is -6.18. The highest BCUT2D eigenvalue weighted by molar-refractivity contribution is 6.21. The summed E-state index contributed by atoms with van der Waals surface area (Å²) in [5.74, 6) is 0. The van der Waals surface area contributed by atoms with Crippen molar-refractivity contribution in [1.29, 1.82) is 0 Å². The third-order valence-electron chi connectivity index (χ3n) is 9.84. The van der Waals surface area contributed by atoms with E-state index in [0.717, 1.165) is 21.9 Å². The summed E-state index contributed by atoms with van der Waals surface area (Å²) >= 11 is 0. The molecule has 0 aliphatic rings. The van der Waals surface area contributed by atoms with Gasteiger partial charge in [-0.1, -0.05) is 146 Å². The lowest BCUT2D eigenvalue weighted by Crippen LogP contribution is -1.88. The molecule has 1 nitrogen and oxygen atoms in total. The van der Waals surface area contributed by atoms with Crippen LogP contribution in [0.4, 0.5) is 0 Å². The van der Waals surface area contributed by atoms with E-state index >= 15 is 0 Å². The third kappa shape index (κ3) is 4.03. The van der Waals surface area contributed by atoms with E-state index in [2.05, 4.69) is 170 Å². The molecule has 0 N–H and O–H groups in total. The summed E-state index contributed by atoms with van der Waals surface area (Å²) in [6.07, 6.45) is 0. The van der Waals surface area contributed by atoms with Gasteiger partial charge in [0.2, 0.25) is 0 Å². The lowest BCUT2D eigenvalue weighted by Gasteiger charge is -2.15. The molecule has 10 aromatic rings. The van der Waals surface area contributed by atoms with Gasteiger partial charge in [0.1, 0.15) is 11.2 Å². The standard InChI is InChI=1S/C46H28O/c1-4-14-36-30(9-1)23-25-40-42(36)28-34-11-3-5-15-38(34)44(40)35-13-7-12-33(27-35)29-19-21-32(22-20-29)37-17-8-18-43-45(37)41-26-24-31-10-2-6-16-39(31)46(41)47-43/h1-28H. The van der Waals surface area contributed by atoms with Crippen LogP contribution in [0.15, 0.2) is 174 Å². The molecule has 1 heterocycles. The quantitative estimate of drug-likeness (QED) is 0.146. The molecule has 47 heavy (non-hydrogen) atoms. The van der Waals surface area contributed by atoms with E-state index in [1.54, 1.807) is 0 Å². The maximum Gasteiger partial charge on any atom is 0.143 e. The molecule has 0 atom stereocenters. The summed E-state index contributed by atoms with van der Waals surface area (Å²) in [6.45, 7) is 0. The highest BCUT2D eigenvalue weighted by Crippen LogP contribution is 2.42. The molecule has 10 rings (SSSR count). The van der Waals surface area contributed by atoms with E-state index in [-0.39, 0.29) is 0 Å². The Bertz CT molecular complexity index is 2830. The molecule has 0 saturated carbocycles. The Morgan fingerprint density at radius 1 is 0.319 bits per heavy atom. The van der Waals surface area contributed by atoms with Crippen LogP contribution in [0.25, 0.3) is 98.4 Å². The fraction of sp³-hybridized carbons (Fsp3) is 0. The van der Waals surface area contributed by atoms with Crippen molar-refractivity contribution in [3.05, 3.63) is 170 Å². The molecular weight excluding hydrogens is 569 g/mol. The van der Waals surface area contributed by atoms with Crippen LogP contribution in [0.1, 0.15) is 0 Å². The average Bonchev–Trinajstić information content (AvgIpc) is 3.54. The van der Waals surface area contributed by atoms with Gasteiger partial charge in [0.05, 0.1) is 0 Å². The summed E-state index contributed by atoms with van der Waals surface area (Å²) in [6, 6.07) is 61.6. The van der Waals surface area contributed by atoms with Gasteiger partial charge in [0.15, 0.2) is 0 Å². The van der Waals surface area contributed by atoms with Crippen molar-refractivity contribution in [3.8, 4) is 33.4 Å². The SMILES string of the molecule is c1cc(-c2ccc(-c3cccc4oc5c6ccccc6ccc5c34)cc2)cc(-c2c3ccccc3cc3c2ccc2ccccc23)c1. The molecule has 0 saturated heterocycles. The summed E-state index contributed by atoms with van der Waals surface area (Å²) in [5, 5.41) is 12.3. The van der Waals surface area contributed by atoms with Crippen LogP contribution in [0, 0.1) is 0 Å². The second-order valence-electron chi connectivity index (χ2n) is 12.5. The minimum Gasteiger partial charge on any atom is -0.455 e. The van der Waals surface area contributed by atoms with Gasteiger partial charge in [-0.05, 0) is 95.3 Å². The van der Waals surface area contributed by atoms with Crippen LogP contribution >= 0.6 is 0 Å². The molecule has 9 aromatic carbocycles. The van der Waals surface area contributed by atoms with Crippen molar-refractivity contribution in [2.45, 2.75) is 0 Å². The second kappa shape index (κ2) is 10.2. The van der Waals surface area contributed by atoms with Crippen LogP contribution in [0.5, 0.6) is 0 Å². The zero-order valence-electron chi connectivity index (χ0n) is 25.6. The number of benzene rings is 9. The first-order valence-electron chi connectivity index (χ1n) is 16.2. The number of rotatable bonds is 3. The van der Waals surface area contributed by atoms with Gasteiger partial charge in [0, 0.05) is 16.2 Å². The van der Waals surface area contributed by atoms with Gasteiger partial charge >= 0.3 is 0 Å². The fourth-order valence-corrected chi connectivity index (χ4v) is 7.62. The molecule has 0 radical (unpaired) electrons. The van der Waals surface area contributed by atoms with Gasteiger partial charge in [0.25, 0.3) is 0 Å². The van der Waals surface area contributed by atoms with Crippen molar-refractivity contribution >= 4 is 65.0 Å². The molecule has 0 unspecified atom stereocenters.